The van der Waals surface area contributed by atoms with Gasteiger partial charge in [0.2, 0.25) is 5.91 Å². The van der Waals surface area contributed by atoms with Crippen LogP contribution >= 0.6 is 0 Å². The number of anilines is 1. The highest BCUT2D eigenvalue weighted by atomic mass is 16.2. The molecule has 0 aliphatic carbocycles. The lowest BCUT2D eigenvalue weighted by atomic mass is 10.1. The number of nitrogens with one attached hydrogen (secondary N) is 1. The van der Waals surface area contributed by atoms with Crippen molar-refractivity contribution >= 4 is 17.6 Å². The predicted octanol–water partition coefficient (Wildman–Crippen LogP) is 2.63. The number of amides is 2. The Morgan fingerprint density at radius 2 is 1.94 bits per heavy atom. The summed E-state index contributed by atoms with van der Waals surface area (Å²) in [4.78, 5) is 26.6. The molecule has 8 nitrogen and oxygen atoms in total. The summed E-state index contributed by atoms with van der Waals surface area (Å²) in [5, 5.41) is 11.8. The third-order valence-corrected chi connectivity index (χ3v) is 5.86. The minimum atomic E-state index is -0.100. The quantitative estimate of drug-likeness (QED) is 0.637. The van der Waals surface area contributed by atoms with Gasteiger partial charge in [-0.2, -0.15) is 10.2 Å². The Morgan fingerprint density at radius 1 is 1.16 bits per heavy atom. The maximum Gasteiger partial charge on any atom is 0.251 e. The first kappa shape index (κ1) is 20.8. The van der Waals surface area contributed by atoms with Crippen LogP contribution in [0.5, 0.6) is 0 Å². The fourth-order valence-corrected chi connectivity index (χ4v) is 4.11. The van der Waals surface area contributed by atoms with E-state index in [0.717, 1.165) is 35.7 Å². The van der Waals surface area contributed by atoms with Crippen LogP contribution in [0.4, 0.5) is 5.82 Å². The second-order valence-electron chi connectivity index (χ2n) is 7.81. The van der Waals surface area contributed by atoms with Crippen LogP contribution in [-0.2, 0) is 30.8 Å². The lowest BCUT2D eigenvalue weighted by molar-refractivity contribution is -0.119. The number of rotatable bonds is 7. The molecular formula is C23H28N6O2. The van der Waals surface area contributed by atoms with Gasteiger partial charge >= 0.3 is 0 Å². The van der Waals surface area contributed by atoms with Crippen molar-refractivity contribution in [2.45, 2.75) is 53.2 Å². The van der Waals surface area contributed by atoms with E-state index in [9.17, 15) is 9.59 Å². The number of hydrogen-bond acceptors (Lipinski definition) is 4. The van der Waals surface area contributed by atoms with Crippen molar-refractivity contribution in [3.8, 4) is 0 Å². The largest absolute Gasteiger partial charge is 0.352 e. The van der Waals surface area contributed by atoms with Crippen LogP contribution in [0.3, 0.4) is 0 Å². The highest BCUT2D eigenvalue weighted by molar-refractivity contribution is 5.95. The van der Waals surface area contributed by atoms with Crippen molar-refractivity contribution in [1.29, 1.82) is 0 Å². The number of aryl methyl sites for hydroxylation is 3. The first-order chi connectivity index (χ1) is 15.0. The van der Waals surface area contributed by atoms with Gasteiger partial charge in [0.15, 0.2) is 0 Å². The molecule has 162 valence electrons. The maximum atomic E-state index is 12.5. The monoisotopic (exact) mass is 420 g/mol. The molecule has 8 heteroatoms. The number of carbonyl (C=O) groups is 2. The smallest absolute Gasteiger partial charge is 0.251 e. The molecule has 2 amide bonds. The van der Waals surface area contributed by atoms with E-state index in [1.54, 1.807) is 11.1 Å². The van der Waals surface area contributed by atoms with E-state index in [1.807, 2.05) is 46.6 Å². The van der Waals surface area contributed by atoms with Crippen LogP contribution in [0, 0.1) is 13.8 Å². The van der Waals surface area contributed by atoms with E-state index in [2.05, 4.69) is 29.4 Å². The third kappa shape index (κ3) is 4.23. The lowest BCUT2D eigenvalue weighted by Gasteiger charge is -2.27. The van der Waals surface area contributed by atoms with Crippen LogP contribution in [0.15, 0.2) is 36.5 Å². The summed E-state index contributed by atoms with van der Waals surface area (Å²) in [5.74, 6) is 0.804. The Morgan fingerprint density at radius 3 is 2.65 bits per heavy atom. The molecule has 0 unspecified atom stereocenters. The van der Waals surface area contributed by atoms with Crippen molar-refractivity contribution in [2.75, 3.05) is 11.4 Å². The molecule has 0 saturated heterocycles. The number of benzene rings is 1. The van der Waals surface area contributed by atoms with Crippen molar-refractivity contribution in [3.63, 3.8) is 0 Å². The molecule has 3 aromatic rings. The second-order valence-corrected chi connectivity index (χ2v) is 7.81. The predicted molar refractivity (Wildman–Crippen MR) is 118 cm³/mol. The number of nitrogens with zero attached hydrogens (tertiary/aromatic N) is 5. The fourth-order valence-electron chi connectivity index (χ4n) is 4.11. The maximum absolute atomic E-state index is 12.5. The number of carbonyl (C=O) groups excluding carboxylic acids is 2. The molecule has 0 spiro atoms. The Labute approximate surface area is 181 Å². The molecule has 0 fully saturated rings. The van der Waals surface area contributed by atoms with E-state index in [0.29, 0.717) is 31.6 Å². The SMILES string of the molecule is CCn1nc(C)c(CCNC(=O)c2ccc(CN3C(=O)CCn4nccc43)cc2)c1C. The summed E-state index contributed by atoms with van der Waals surface area (Å²) >= 11 is 0. The average Bonchev–Trinajstić information content (AvgIpc) is 3.35. The molecule has 31 heavy (non-hydrogen) atoms. The molecule has 3 heterocycles. The highest BCUT2D eigenvalue weighted by Gasteiger charge is 2.24. The lowest BCUT2D eigenvalue weighted by Crippen LogP contribution is -2.36. The number of hydrogen-bond donors (Lipinski definition) is 1. The molecule has 0 bridgehead atoms. The van der Waals surface area contributed by atoms with Gasteiger partial charge in [-0.1, -0.05) is 12.1 Å². The summed E-state index contributed by atoms with van der Waals surface area (Å²) < 4.78 is 3.84. The van der Waals surface area contributed by atoms with Gasteiger partial charge in [-0.15, -0.1) is 0 Å². The summed E-state index contributed by atoms with van der Waals surface area (Å²) in [6.45, 7) is 8.64. The van der Waals surface area contributed by atoms with Gasteiger partial charge in [0.1, 0.15) is 5.82 Å². The zero-order valence-corrected chi connectivity index (χ0v) is 18.3. The van der Waals surface area contributed by atoms with E-state index in [4.69, 9.17) is 0 Å². The Bertz CT molecular complexity index is 1100. The molecule has 4 rings (SSSR count). The van der Waals surface area contributed by atoms with Crippen molar-refractivity contribution in [3.05, 3.63) is 64.6 Å². The number of fused-ring (bicyclic) bond motifs is 1. The first-order valence-electron chi connectivity index (χ1n) is 10.7. The minimum Gasteiger partial charge on any atom is -0.352 e. The summed E-state index contributed by atoms with van der Waals surface area (Å²) in [6.07, 6.45) is 2.92. The van der Waals surface area contributed by atoms with Gasteiger partial charge in [0.05, 0.1) is 25.0 Å². The molecule has 1 aliphatic heterocycles. The van der Waals surface area contributed by atoms with Crippen LogP contribution < -0.4 is 10.2 Å². The highest BCUT2D eigenvalue weighted by Crippen LogP contribution is 2.23. The zero-order valence-electron chi connectivity index (χ0n) is 18.3. The topological polar surface area (TPSA) is 85.0 Å². The van der Waals surface area contributed by atoms with Crippen molar-refractivity contribution < 1.29 is 9.59 Å². The Hall–Kier alpha value is -3.42. The Balaban J connectivity index is 1.35. The molecule has 0 saturated carbocycles. The van der Waals surface area contributed by atoms with Crippen LogP contribution in [0.2, 0.25) is 0 Å². The van der Waals surface area contributed by atoms with E-state index >= 15 is 0 Å². The molecule has 1 aliphatic rings. The van der Waals surface area contributed by atoms with Gasteiger partial charge in [-0.3, -0.25) is 19.2 Å². The second kappa shape index (κ2) is 8.75. The van der Waals surface area contributed by atoms with Crippen LogP contribution in [0.25, 0.3) is 0 Å². The van der Waals surface area contributed by atoms with E-state index < -0.39 is 0 Å². The van der Waals surface area contributed by atoms with Gasteiger partial charge in [-0.25, -0.2) is 4.68 Å². The van der Waals surface area contributed by atoms with Crippen molar-refractivity contribution in [1.82, 2.24) is 24.9 Å². The van der Waals surface area contributed by atoms with Gasteiger partial charge in [0.25, 0.3) is 5.91 Å². The average molecular weight is 421 g/mol. The molecule has 2 aromatic heterocycles. The van der Waals surface area contributed by atoms with E-state index in [1.165, 1.54) is 5.56 Å². The van der Waals surface area contributed by atoms with E-state index in [-0.39, 0.29) is 11.8 Å². The minimum absolute atomic E-state index is 0.0896. The fraction of sp³-hybridized carbons (Fsp3) is 0.391. The number of aromatic nitrogens is 4. The van der Waals surface area contributed by atoms with Gasteiger partial charge in [0, 0.05) is 36.8 Å². The van der Waals surface area contributed by atoms with Gasteiger partial charge in [-0.05, 0) is 50.5 Å². The molecule has 1 N–H and O–H groups in total. The third-order valence-electron chi connectivity index (χ3n) is 5.86. The van der Waals surface area contributed by atoms with Crippen LogP contribution in [-0.4, -0.2) is 37.9 Å². The molecule has 0 radical (unpaired) electrons. The van der Waals surface area contributed by atoms with Crippen LogP contribution in [0.1, 0.15) is 46.2 Å². The summed E-state index contributed by atoms with van der Waals surface area (Å²) in [7, 11) is 0. The molecule has 0 atom stereocenters. The summed E-state index contributed by atoms with van der Waals surface area (Å²) in [6, 6.07) is 9.27. The summed E-state index contributed by atoms with van der Waals surface area (Å²) in [5.41, 5.74) is 4.95. The first-order valence-corrected chi connectivity index (χ1v) is 10.7. The molecular weight excluding hydrogens is 392 g/mol. The van der Waals surface area contributed by atoms with Crippen molar-refractivity contribution in [2.24, 2.45) is 0 Å². The Kier molecular flexibility index (Phi) is 5.88. The normalized spacial score (nSPS) is 13.4. The van der Waals surface area contributed by atoms with Gasteiger partial charge < -0.3 is 5.32 Å². The molecule has 1 aromatic carbocycles. The standard InChI is InChI=1S/C23H28N6O2/c1-4-28-17(3)20(16(2)26-28)9-12-24-23(31)19-7-5-18(6-8-19)15-27-21-10-13-25-29(21)14-11-22(27)30/h5-8,10,13H,4,9,11-12,14-15H2,1-3H3,(H,24,31). The zero-order chi connectivity index (χ0) is 22.0.